The van der Waals surface area contributed by atoms with Crippen LogP contribution in [0.3, 0.4) is 0 Å². The van der Waals surface area contributed by atoms with E-state index < -0.39 is 0 Å². The normalized spacial score (nSPS) is 16.4. The first-order valence-corrected chi connectivity index (χ1v) is 13.4. The second-order valence-corrected chi connectivity index (χ2v) is 11.3. The number of carbonyl (C=O) groups is 1. The summed E-state index contributed by atoms with van der Waals surface area (Å²) in [4.78, 5) is 31.5. The largest absolute Gasteiger partial charge is 0.403 e. The van der Waals surface area contributed by atoms with Gasteiger partial charge in [-0.3, -0.25) is 9.79 Å². The van der Waals surface area contributed by atoms with E-state index in [1.165, 1.54) is 17.5 Å². The molecule has 0 saturated carbocycles. The molecule has 0 amide bonds. The van der Waals surface area contributed by atoms with Gasteiger partial charge in [0.15, 0.2) is 5.78 Å². The zero-order valence-electron chi connectivity index (χ0n) is 21.9. The molecule has 2 aromatic heterocycles. The van der Waals surface area contributed by atoms with E-state index in [2.05, 4.69) is 70.4 Å². The van der Waals surface area contributed by atoms with Crippen LogP contribution in [0, 0.1) is 6.92 Å². The smallest absolute Gasteiger partial charge is 0.227 e. The van der Waals surface area contributed by atoms with Crippen molar-refractivity contribution in [2.45, 2.75) is 58.4 Å². The summed E-state index contributed by atoms with van der Waals surface area (Å²) < 4.78 is 0. The molecule has 0 aliphatic carbocycles. The quantitative estimate of drug-likeness (QED) is 0.279. The van der Waals surface area contributed by atoms with Crippen LogP contribution in [0.5, 0.6) is 0 Å². The number of hydrogen-bond acceptors (Lipinski definition) is 9. The van der Waals surface area contributed by atoms with Gasteiger partial charge in [-0.2, -0.15) is 0 Å². The highest BCUT2D eigenvalue weighted by molar-refractivity contribution is 7.13. The van der Waals surface area contributed by atoms with Crippen LogP contribution < -0.4 is 16.4 Å². The number of nitrogens with two attached hydrogens (primary N) is 1. The highest BCUT2D eigenvalue weighted by atomic mass is 32.1. The van der Waals surface area contributed by atoms with Crippen LogP contribution in [0.2, 0.25) is 0 Å². The van der Waals surface area contributed by atoms with Crippen LogP contribution in [-0.4, -0.2) is 46.1 Å². The first-order chi connectivity index (χ1) is 17.7. The Morgan fingerprint density at radius 3 is 2.81 bits per heavy atom. The molecule has 8 nitrogen and oxygen atoms in total. The number of thiazole rings is 1. The summed E-state index contributed by atoms with van der Waals surface area (Å²) in [6.07, 6.45) is 8.81. The summed E-state index contributed by atoms with van der Waals surface area (Å²) in [7, 11) is 0. The lowest BCUT2D eigenvalue weighted by Crippen LogP contribution is -2.13. The maximum atomic E-state index is 12.8. The summed E-state index contributed by atoms with van der Waals surface area (Å²) in [5.41, 5.74) is 10.4. The number of nitrogens with zero attached hydrogens (tertiary/aromatic N) is 4. The minimum atomic E-state index is -0.0467. The Balaban J connectivity index is 1.40. The van der Waals surface area contributed by atoms with Crippen molar-refractivity contribution in [3.05, 3.63) is 69.6 Å². The van der Waals surface area contributed by atoms with E-state index in [1.807, 2.05) is 12.1 Å². The number of nitrogens with one attached hydrogen (secondary N) is 2. The second kappa shape index (κ2) is 11.7. The number of anilines is 1. The number of aryl methyl sites for hydroxylation is 2. The Labute approximate surface area is 222 Å². The van der Waals surface area contributed by atoms with Crippen LogP contribution in [-0.2, 0) is 11.8 Å². The topological polar surface area (TPSA) is 118 Å². The van der Waals surface area contributed by atoms with Gasteiger partial charge in [0.2, 0.25) is 5.95 Å². The van der Waals surface area contributed by atoms with E-state index in [1.54, 1.807) is 18.6 Å². The molecule has 0 radical (unpaired) electrons. The Hall–Kier alpha value is -3.43. The zero-order valence-corrected chi connectivity index (χ0v) is 22.7. The summed E-state index contributed by atoms with van der Waals surface area (Å²) >= 11 is 1.50. The number of Topliss-reactive ketones (excluding diaryl/α,β-unsaturated/α-hetero) is 1. The third kappa shape index (κ3) is 7.08. The molecule has 4 rings (SSSR count). The predicted molar refractivity (Wildman–Crippen MR) is 151 cm³/mol. The van der Waals surface area contributed by atoms with Gasteiger partial charge >= 0.3 is 0 Å². The second-order valence-electron chi connectivity index (χ2n) is 10.3. The number of benzene rings is 1. The fraction of sp³-hybridized carbons (Fsp3) is 0.393. The molecule has 0 bridgehead atoms. The fourth-order valence-electron chi connectivity index (χ4n) is 4.04. The number of ketones is 1. The minimum Gasteiger partial charge on any atom is -0.403 e. The van der Waals surface area contributed by atoms with E-state index in [0.29, 0.717) is 24.5 Å². The summed E-state index contributed by atoms with van der Waals surface area (Å²) in [6.45, 7) is 10.3. The zero-order chi connectivity index (χ0) is 26.4. The van der Waals surface area contributed by atoms with Gasteiger partial charge in [0.25, 0.3) is 0 Å². The van der Waals surface area contributed by atoms with Gasteiger partial charge in [-0.05, 0) is 49.6 Å². The third-order valence-corrected chi connectivity index (χ3v) is 7.70. The monoisotopic (exact) mass is 517 g/mol. The number of hydrogen-bond donors (Lipinski definition) is 3. The van der Waals surface area contributed by atoms with Crippen LogP contribution >= 0.6 is 11.3 Å². The molecule has 3 aromatic rings. The lowest BCUT2D eigenvalue weighted by Gasteiger charge is -2.13. The van der Waals surface area contributed by atoms with Gasteiger partial charge in [-0.25, -0.2) is 15.0 Å². The SMILES string of the molecule is Cc1cc(-c2ccnc(NC(C=N[C@@H]3CCNC3)=CN)n2)ccc1CCC(=O)c1cnc(C(C)(C)C)s1. The van der Waals surface area contributed by atoms with E-state index >= 15 is 0 Å². The first-order valence-electron chi connectivity index (χ1n) is 12.6. The maximum Gasteiger partial charge on any atom is 0.227 e. The number of aromatic nitrogens is 3. The number of aliphatic imine (C=N–C) groups is 1. The van der Waals surface area contributed by atoms with E-state index in [9.17, 15) is 4.79 Å². The number of carbonyl (C=O) groups excluding carboxylic acids is 1. The Morgan fingerprint density at radius 2 is 2.14 bits per heavy atom. The molecule has 1 aromatic carbocycles. The molecule has 9 heteroatoms. The van der Waals surface area contributed by atoms with Gasteiger partial charge in [0.05, 0.1) is 27.3 Å². The van der Waals surface area contributed by atoms with E-state index in [-0.39, 0.29) is 17.2 Å². The lowest BCUT2D eigenvalue weighted by atomic mass is 9.98. The van der Waals surface area contributed by atoms with Gasteiger partial charge in [0.1, 0.15) is 0 Å². The van der Waals surface area contributed by atoms with Crippen molar-refractivity contribution >= 4 is 29.3 Å². The van der Waals surface area contributed by atoms with Crippen molar-refractivity contribution in [2.75, 3.05) is 18.4 Å². The number of allylic oxidation sites excluding steroid dienone is 1. The van der Waals surface area contributed by atoms with Crippen LogP contribution in [0.25, 0.3) is 11.3 Å². The molecule has 3 heterocycles. The predicted octanol–water partition coefficient (Wildman–Crippen LogP) is 4.67. The molecule has 1 saturated heterocycles. The standard InChI is InChI=1S/C28H35N7OS/c1-18-13-20(6-5-19(18)7-8-24(36)25-17-33-26(37-25)28(2,3)4)23-10-12-31-27(35-23)34-22(14-29)16-32-21-9-11-30-15-21/h5-6,10,12-14,16-17,21,30H,7-9,11,15,29H2,1-4H3,(H,31,34,35)/t21-/m1/s1. The molecule has 0 spiro atoms. The average Bonchev–Trinajstić information content (AvgIpc) is 3.58. The number of rotatable bonds is 9. The Kier molecular flexibility index (Phi) is 8.45. The molecule has 1 fully saturated rings. The molecule has 1 atom stereocenters. The molecule has 1 aliphatic rings. The summed E-state index contributed by atoms with van der Waals surface area (Å²) in [5, 5.41) is 7.44. The maximum absolute atomic E-state index is 12.8. The van der Waals surface area contributed by atoms with E-state index in [0.717, 1.165) is 51.8 Å². The molecule has 37 heavy (non-hydrogen) atoms. The molecule has 194 valence electrons. The highest BCUT2D eigenvalue weighted by Crippen LogP contribution is 2.28. The van der Waals surface area contributed by atoms with Crippen molar-refractivity contribution in [3.63, 3.8) is 0 Å². The molecular weight excluding hydrogens is 482 g/mol. The third-order valence-electron chi connectivity index (χ3n) is 6.23. The van der Waals surface area contributed by atoms with Crippen molar-refractivity contribution < 1.29 is 4.79 Å². The van der Waals surface area contributed by atoms with Gasteiger partial charge in [0, 0.05) is 48.8 Å². The van der Waals surface area contributed by atoms with Gasteiger partial charge < -0.3 is 16.4 Å². The van der Waals surface area contributed by atoms with Gasteiger partial charge in [-0.1, -0.05) is 32.9 Å². The fourth-order valence-corrected chi connectivity index (χ4v) is 4.98. The van der Waals surface area contributed by atoms with Crippen LogP contribution in [0.4, 0.5) is 5.95 Å². The first kappa shape index (κ1) is 26.6. The highest BCUT2D eigenvalue weighted by Gasteiger charge is 2.20. The molecular formula is C28H35N7OS. The van der Waals surface area contributed by atoms with Crippen molar-refractivity contribution in [1.29, 1.82) is 0 Å². The average molecular weight is 518 g/mol. The van der Waals surface area contributed by atoms with Crippen molar-refractivity contribution in [1.82, 2.24) is 20.3 Å². The summed E-state index contributed by atoms with van der Waals surface area (Å²) in [5.74, 6) is 0.594. The lowest BCUT2D eigenvalue weighted by molar-refractivity contribution is 0.0986. The summed E-state index contributed by atoms with van der Waals surface area (Å²) in [6, 6.07) is 8.36. The Bertz CT molecular complexity index is 1300. The van der Waals surface area contributed by atoms with Crippen LogP contribution in [0.15, 0.2) is 53.5 Å². The van der Waals surface area contributed by atoms with E-state index in [4.69, 9.17) is 5.73 Å². The molecule has 4 N–H and O–H groups in total. The van der Waals surface area contributed by atoms with Gasteiger partial charge in [-0.15, -0.1) is 11.3 Å². The molecule has 1 aliphatic heterocycles. The minimum absolute atomic E-state index is 0.0467. The van der Waals surface area contributed by atoms with Crippen LogP contribution in [0.1, 0.15) is 59.4 Å². The Morgan fingerprint density at radius 1 is 1.30 bits per heavy atom. The van der Waals surface area contributed by atoms with Crippen molar-refractivity contribution in [2.24, 2.45) is 10.7 Å². The van der Waals surface area contributed by atoms with Crippen molar-refractivity contribution in [3.8, 4) is 11.3 Å². The molecule has 0 unspecified atom stereocenters.